The summed E-state index contributed by atoms with van der Waals surface area (Å²) in [6, 6.07) is 2.55. The monoisotopic (exact) mass is 271 g/mol. The van der Waals surface area contributed by atoms with Gasteiger partial charge in [-0.15, -0.1) is 0 Å². The van der Waals surface area contributed by atoms with E-state index in [1.165, 1.54) is 6.07 Å². The molecule has 1 nitrogen and oxygen atoms in total. The molecule has 102 valence electrons. The van der Waals surface area contributed by atoms with Crippen molar-refractivity contribution in [3.8, 4) is 0 Å². The Bertz CT molecular complexity index is 672. The van der Waals surface area contributed by atoms with Crippen LogP contribution in [0.15, 0.2) is 12.1 Å². The zero-order chi connectivity index (χ0) is 14.5. The van der Waals surface area contributed by atoms with Crippen LogP contribution in [-0.4, -0.2) is 0 Å². The second-order valence-electron chi connectivity index (χ2n) is 5.50. The van der Waals surface area contributed by atoms with Gasteiger partial charge in [-0.05, 0) is 23.1 Å². The quantitative estimate of drug-likeness (QED) is 0.329. The van der Waals surface area contributed by atoms with Crippen molar-refractivity contribution >= 4 is 16.5 Å². The molecule has 5 heteroatoms. The fourth-order valence-corrected chi connectivity index (χ4v) is 2.09. The summed E-state index contributed by atoms with van der Waals surface area (Å²) in [7, 11) is 0. The van der Waals surface area contributed by atoms with Crippen LogP contribution in [0.1, 0.15) is 26.3 Å². The molecule has 2 rings (SSSR count). The summed E-state index contributed by atoms with van der Waals surface area (Å²) < 4.78 is 54.3. The molecule has 0 aliphatic rings. The molecule has 0 heterocycles. The van der Waals surface area contributed by atoms with Gasteiger partial charge in [0.15, 0.2) is 23.3 Å². The van der Waals surface area contributed by atoms with Crippen LogP contribution in [-0.2, 0) is 5.41 Å². The lowest BCUT2D eigenvalue weighted by Crippen LogP contribution is -2.14. The zero-order valence-corrected chi connectivity index (χ0v) is 10.7. The lowest BCUT2D eigenvalue weighted by molar-refractivity contribution is 0.417. The second-order valence-corrected chi connectivity index (χ2v) is 5.50. The second kappa shape index (κ2) is 4.11. The standard InChI is InChI=1S/C14H13F4N/c1-14(2,3)8-5-6(19)4-7-9(8)11(16)13(18)12(17)10(7)15/h4-5H,19H2,1-3H3. The molecule has 19 heavy (non-hydrogen) atoms. The molecule has 0 spiro atoms. The number of halogens is 4. The minimum atomic E-state index is -1.82. The van der Waals surface area contributed by atoms with Crippen LogP contribution in [0.3, 0.4) is 0 Å². The molecular formula is C14H13F4N. The van der Waals surface area contributed by atoms with Crippen molar-refractivity contribution < 1.29 is 17.6 Å². The third-order valence-electron chi connectivity index (χ3n) is 3.00. The average molecular weight is 271 g/mol. The molecule has 0 atom stereocenters. The van der Waals surface area contributed by atoms with E-state index in [2.05, 4.69) is 0 Å². The van der Waals surface area contributed by atoms with Gasteiger partial charge in [0.25, 0.3) is 0 Å². The smallest absolute Gasteiger partial charge is 0.198 e. The zero-order valence-electron chi connectivity index (χ0n) is 10.7. The van der Waals surface area contributed by atoms with Crippen molar-refractivity contribution in [3.63, 3.8) is 0 Å². The minimum Gasteiger partial charge on any atom is -0.399 e. The number of anilines is 1. The molecule has 0 unspecified atom stereocenters. The van der Waals surface area contributed by atoms with E-state index in [1.54, 1.807) is 20.8 Å². The first-order valence-corrected chi connectivity index (χ1v) is 5.70. The summed E-state index contributed by atoms with van der Waals surface area (Å²) in [6.07, 6.45) is 0. The molecule has 2 aromatic rings. The molecule has 0 aliphatic carbocycles. The van der Waals surface area contributed by atoms with Crippen molar-refractivity contribution in [2.45, 2.75) is 26.2 Å². The number of nitrogen functional groups attached to an aromatic ring is 1. The van der Waals surface area contributed by atoms with Crippen molar-refractivity contribution in [3.05, 3.63) is 41.0 Å². The Labute approximate surface area is 108 Å². The van der Waals surface area contributed by atoms with Crippen molar-refractivity contribution in [2.24, 2.45) is 0 Å². The molecule has 0 fully saturated rings. The number of hydrogen-bond donors (Lipinski definition) is 1. The summed E-state index contributed by atoms with van der Waals surface area (Å²) >= 11 is 0. The Balaban J connectivity index is 3.08. The maximum absolute atomic E-state index is 13.9. The minimum absolute atomic E-state index is 0.168. The van der Waals surface area contributed by atoms with E-state index in [4.69, 9.17) is 5.73 Å². The third-order valence-corrected chi connectivity index (χ3v) is 3.00. The number of hydrogen-bond acceptors (Lipinski definition) is 1. The summed E-state index contributed by atoms with van der Waals surface area (Å²) in [5.74, 6) is -6.44. The molecule has 0 amide bonds. The Morgan fingerprint density at radius 3 is 1.89 bits per heavy atom. The normalized spacial score (nSPS) is 12.2. The van der Waals surface area contributed by atoms with E-state index in [-0.39, 0.29) is 16.5 Å². The Kier molecular flexibility index (Phi) is 2.96. The molecular weight excluding hydrogens is 258 g/mol. The number of rotatable bonds is 0. The van der Waals surface area contributed by atoms with Crippen LogP contribution < -0.4 is 5.73 Å². The lowest BCUT2D eigenvalue weighted by Gasteiger charge is -2.22. The molecule has 0 aliphatic heterocycles. The first-order chi connectivity index (χ1) is 8.64. The molecule has 0 radical (unpaired) electrons. The first kappa shape index (κ1) is 13.6. The SMILES string of the molecule is CC(C)(C)c1cc(N)cc2c(F)c(F)c(F)c(F)c12. The summed E-state index contributed by atoms with van der Waals surface area (Å²) in [4.78, 5) is 0. The largest absolute Gasteiger partial charge is 0.399 e. The van der Waals surface area contributed by atoms with Gasteiger partial charge in [0, 0.05) is 16.5 Å². The van der Waals surface area contributed by atoms with Gasteiger partial charge >= 0.3 is 0 Å². The van der Waals surface area contributed by atoms with E-state index in [0.29, 0.717) is 5.56 Å². The highest BCUT2D eigenvalue weighted by atomic mass is 19.2. The van der Waals surface area contributed by atoms with Crippen LogP contribution in [0.25, 0.3) is 10.8 Å². The van der Waals surface area contributed by atoms with Gasteiger partial charge in [0.2, 0.25) is 0 Å². The topological polar surface area (TPSA) is 26.0 Å². The maximum atomic E-state index is 13.9. The highest BCUT2D eigenvalue weighted by Crippen LogP contribution is 2.36. The van der Waals surface area contributed by atoms with Crippen LogP contribution in [0.5, 0.6) is 0 Å². The van der Waals surface area contributed by atoms with Gasteiger partial charge in [0.1, 0.15) is 0 Å². The molecule has 0 saturated heterocycles. The van der Waals surface area contributed by atoms with Gasteiger partial charge in [0.05, 0.1) is 0 Å². The van der Waals surface area contributed by atoms with Crippen LogP contribution in [0.4, 0.5) is 23.2 Å². The van der Waals surface area contributed by atoms with Gasteiger partial charge < -0.3 is 5.73 Å². The van der Waals surface area contributed by atoms with Gasteiger partial charge in [-0.3, -0.25) is 0 Å². The Hall–Kier alpha value is -1.78. The molecule has 2 aromatic carbocycles. The molecule has 0 aromatic heterocycles. The molecule has 0 saturated carbocycles. The number of benzene rings is 2. The third kappa shape index (κ3) is 2.03. The van der Waals surface area contributed by atoms with Gasteiger partial charge in [-0.1, -0.05) is 20.8 Å². The maximum Gasteiger partial charge on any atom is 0.198 e. The van der Waals surface area contributed by atoms with E-state index < -0.39 is 28.7 Å². The average Bonchev–Trinajstić information content (AvgIpc) is 2.31. The predicted molar refractivity (Wildman–Crippen MR) is 66.9 cm³/mol. The van der Waals surface area contributed by atoms with E-state index in [9.17, 15) is 17.6 Å². The van der Waals surface area contributed by atoms with Crippen molar-refractivity contribution in [2.75, 3.05) is 5.73 Å². The number of fused-ring (bicyclic) bond motifs is 1. The number of nitrogens with two attached hydrogens (primary N) is 1. The highest BCUT2D eigenvalue weighted by Gasteiger charge is 2.26. The summed E-state index contributed by atoms with van der Waals surface area (Å²) in [5.41, 5.74) is 5.53. The van der Waals surface area contributed by atoms with Crippen LogP contribution in [0, 0.1) is 23.3 Å². The van der Waals surface area contributed by atoms with Crippen LogP contribution >= 0.6 is 0 Å². The molecule has 0 bridgehead atoms. The van der Waals surface area contributed by atoms with E-state index in [1.807, 2.05) is 0 Å². The first-order valence-electron chi connectivity index (χ1n) is 5.70. The van der Waals surface area contributed by atoms with Crippen LogP contribution in [0.2, 0.25) is 0 Å². The Morgan fingerprint density at radius 1 is 0.842 bits per heavy atom. The van der Waals surface area contributed by atoms with Gasteiger partial charge in [-0.2, -0.15) is 0 Å². The highest BCUT2D eigenvalue weighted by molar-refractivity contribution is 5.90. The molecule has 2 N–H and O–H groups in total. The van der Waals surface area contributed by atoms with E-state index >= 15 is 0 Å². The summed E-state index contributed by atoms with van der Waals surface area (Å²) in [6.45, 7) is 5.25. The lowest BCUT2D eigenvalue weighted by atomic mass is 9.83. The van der Waals surface area contributed by atoms with Crippen molar-refractivity contribution in [1.29, 1.82) is 0 Å². The fourth-order valence-electron chi connectivity index (χ4n) is 2.09. The summed E-state index contributed by atoms with van der Waals surface area (Å²) in [5, 5.41) is -0.612. The van der Waals surface area contributed by atoms with Gasteiger partial charge in [-0.25, -0.2) is 17.6 Å². The van der Waals surface area contributed by atoms with E-state index in [0.717, 1.165) is 6.07 Å². The fraction of sp³-hybridized carbons (Fsp3) is 0.286. The van der Waals surface area contributed by atoms with Crippen molar-refractivity contribution in [1.82, 2.24) is 0 Å². The Morgan fingerprint density at radius 2 is 1.37 bits per heavy atom. The predicted octanol–water partition coefficient (Wildman–Crippen LogP) is 4.28.